The lowest BCUT2D eigenvalue weighted by Gasteiger charge is -2.07. The van der Waals surface area contributed by atoms with Crippen LogP contribution in [0.4, 0.5) is 0 Å². The molecule has 1 amide bonds. The molecular formula is C18H19ClN4O3. The van der Waals surface area contributed by atoms with Crippen molar-refractivity contribution in [3.63, 3.8) is 0 Å². The van der Waals surface area contributed by atoms with Gasteiger partial charge in [0.05, 0.1) is 17.8 Å². The van der Waals surface area contributed by atoms with Crippen LogP contribution in [0.3, 0.4) is 0 Å². The van der Waals surface area contributed by atoms with Crippen LogP contribution in [0.25, 0.3) is 0 Å². The zero-order valence-electron chi connectivity index (χ0n) is 14.5. The molecule has 0 aliphatic rings. The van der Waals surface area contributed by atoms with Crippen LogP contribution in [0.5, 0.6) is 5.75 Å². The van der Waals surface area contributed by atoms with Crippen molar-refractivity contribution in [3.05, 3.63) is 64.3 Å². The number of nitrogens with one attached hydrogen (secondary N) is 1. The molecule has 0 aliphatic heterocycles. The lowest BCUT2D eigenvalue weighted by atomic mass is 10.2. The topological polar surface area (TPSA) is 82.2 Å². The Morgan fingerprint density at radius 1 is 1.38 bits per heavy atom. The van der Waals surface area contributed by atoms with Gasteiger partial charge in [0, 0.05) is 17.8 Å². The Hall–Kier alpha value is -2.80. The summed E-state index contributed by atoms with van der Waals surface area (Å²) in [5.41, 5.74) is 1.58. The molecule has 0 spiro atoms. The first-order valence-electron chi connectivity index (χ1n) is 8.21. The molecule has 1 N–H and O–H groups in total. The van der Waals surface area contributed by atoms with E-state index < -0.39 is 0 Å². The summed E-state index contributed by atoms with van der Waals surface area (Å²) in [7, 11) is 0. The van der Waals surface area contributed by atoms with E-state index in [9.17, 15) is 4.79 Å². The number of rotatable bonds is 7. The number of carbonyl (C=O) groups is 1. The van der Waals surface area contributed by atoms with Crippen molar-refractivity contribution in [2.75, 3.05) is 0 Å². The molecule has 8 heteroatoms. The lowest BCUT2D eigenvalue weighted by Crippen LogP contribution is -2.25. The minimum Gasteiger partial charge on any atom is -0.489 e. The highest BCUT2D eigenvalue weighted by atomic mass is 35.5. The molecular weight excluding hydrogens is 356 g/mol. The summed E-state index contributed by atoms with van der Waals surface area (Å²) in [5.74, 6) is 0.805. The van der Waals surface area contributed by atoms with E-state index in [-0.39, 0.29) is 18.2 Å². The second-order valence-corrected chi connectivity index (χ2v) is 6.09. The Kier molecular flexibility index (Phi) is 5.58. The van der Waals surface area contributed by atoms with Crippen molar-refractivity contribution >= 4 is 17.5 Å². The number of carbonyl (C=O) groups excluding carboxylic acids is 1. The van der Waals surface area contributed by atoms with Gasteiger partial charge in [0.1, 0.15) is 18.1 Å². The summed E-state index contributed by atoms with van der Waals surface area (Å²) < 4.78 is 12.7. The van der Waals surface area contributed by atoms with E-state index in [2.05, 4.69) is 15.6 Å². The molecule has 3 aromatic rings. The SMILES string of the molecule is CCn1ccc(CNC(=O)c2noc(C)c2COc2cccc(Cl)c2)n1. The molecule has 0 radical (unpaired) electrons. The normalized spacial score (nSPS) is 10.7. The second kappa shape index (κ2) is 8.05. The van der Waals surface area contributed by atoms with Crippen LogP contribution in [0.1, 0.15) is 34.4 Å². The van der Waals surface area contributed by atoms with Crippen LogP contribution in [0, 0.1) is 6.92 Å². The maximum absolute atomic E-state index is 12.4. The maximum atomic E-state index is 12.4. The fraction of sp³-hybridized carbons (Fsp3) is 0.278. The van der Waals surface area contributed by atoms with E-state index in [1.807, 2.05) is 19.2 Å². The highest BCUT2D eigenvalue weighted by Crippen LogP contribution is 2.21. The summed E-state index contributed by atoms with van der Waals surface area (Å²) in [5, 5.41) is 11.6. The number of aromatic nitrogens is 3. The van der Waals surface area contributed by atoms with Gasteiger partial charge in [-0.2, -0.15) is 5.10 Å². The van der Waals surface area contributed by atoms with Crippen LogP contribution < -0.4 is 10.1 Å². The van der Waals surface area contributed by atoms with Crippen molar-refractivity contribution in [2.24, 2.45) is 0 Å². The Morgan fingerprint density at radius 3 is 2.96 bits per heavy atom. The molecule has 0 unspecified atom stereocenters. The molecule has 3 rings (SSSR count). The summed E-state index contributed by atoms with van der Waals surface area (Å²) in [6.45, 7) is 4.99. The smallest absolute Gasteiger partial charge is 0.274 e. The number of benzene rings is 1. The molecule has 0 atom stereocenters. The van der Waals surface area contributed by atoms with Crippen molar-refractivity contribution in [3.8, 4) is 5.75 Å². The number of amides is 1. The summed E-state index contributed by atoms with van der Waals surface area (Å²) in [4.78, 5) is 12.4. The number of nitrogens with zero attached hydrogens (tertiary/aromatic N) is 3. The molecule has 0 saturated carbocycles. The predicted octanol–water partition coefficient (Wildman–Crippen LogP) is 3.36. The van der Waals surface area contributed by atoms with Crippen LogP contribution in [0.15, 0.2) is 41.1 Å². The van der Waals surface area contributed by atoms with Crippen LogP contribution in [-0.2, 0) is 19.7 Å². The molecule has 0 fully saturated rings. The maximum Gasteiger partial charge on any atom is 0.274 e. The second-order valence-electron chi connectivity index (χ2n) is 5.66. The molecule has 1 aromatic carbocycles. The van der Waals surface area contributed by atoms with Gasteiger partial charge >= 0.3 is 0 Å². The quantitative estimate of drug-likeness (QED) is 0.685. The van der Waals surface area contributed by atoms with E-state index >= 15 is 0 Å². The van der Waals surface area contributed by atoms with E-state index in [1.165, 1.54) is 0 Å². The van der Waals surface area contributed by atoms with Gasteiger partial charge in [-0.15, -0.1) is 0 Å². The van der Waals surface area contributed by atoms with Gasteiger partial charge in [0.2, 0.25) is 0 Å². The Labute approximate surface area is 155 Å². The largest absolute Gasteiger partial charge is 0.489 e. The van der Waals surface area contributed by atoms with E-state index in [4.69, 9.17) is 20.9 Å². The molecule has 0 bridgehead atoms. The number of hydrogen-bond acceptors (Lipinski definition) is 5. The van der Waals surface area contributed by atoms with E-state index in [0.717, 1.165) is 12.2 Å². The number of hydrogen-bond donors (Lipinski definition) is 1. The zero-order chi connectivity index (χ0) is 18.5. The molecule has 0 aliphatic carbocycles. The van der Waals surface area contributed by atoms with Crippen LogP contribution in [-0.4, -0.2) is 20.8 Å². The van der Waals surface area contributed by atoms with E-state index in [1.54, 1.807) is 35.9 Å². The summed E-state index contributed by atoms with van der Waals surface area (Å²) in [6, 6.07) is 8.91. The van der Waals surface area contributed by atoms with Gasteiger partial charge in [0.15, 0.2) is 5.69 Å². The van der Waals surface area contributed by atoms with Gasteiger partial charge in [0.25, 0.3) is 5.91 Å². The first-order valence-corrected chi connectivity index (χ1v) is 8.58. The molecule has 2 aromatic heterocycles. The van der Waals surface area contributed by atoms with Gasteiger partial charge < -0.3 is 14.6 Å². The van der Waals surface area contributed by atoms with Crippen molar-refractivity contribution in [2.45, 2.75) is 33.5 Å². The summed E-state index contributed by atoms with van der Waals surface area (Å²) >= 11 is 5.95. The first kappa shape index (κ1) is 18.0. The Bertz CT molecular complexity index is 903. The van der Waals surface area contributed by atoms with Crippen molar-refractivity contribution < 1.29 is 14.1 Å². The van der Waals surface area contributed by atoms with Gasteiger partial charge in [-0.3, -0.25) is 9.48 Å². The minimum absolute atomic E-state index is 0.156. The standard InChI is InChI=1S/C18H19ClN4O3/c1-3-23-8-7-14(21-23)10-20-18(24)17-16(12(2)26-22-17)11-25-15-6-4-5-13(19)9-15/h4-9H,3,10-11H2,1-2H3,(H,20,24). The third-order valence-corrected chi connectivity index (χ3v) is 4.06. The lowest BCUT2D eigenvalue weighted by molar-refractivity contribution is 0.0939. The molecule has 7 nitrogen and oxygen atoms in total. The van der Waals surface area contributed by atoms with Crippen molar-refractivity contribution in [1.82, 2.24) is 20.3 Å². The number of aryl methyl sites for hydroxylation is 2. The average Bonchev–Trinajstić information content (AvgIpc) is 3.24. The average molecular weight is 375 g/mol. The number of halogens is 1. The van der Waals surface area contributed by atoms with Crippen LogP contribution >= 0.6 is 11.6 Å². The van der Waals surface area contributed by atoms with Crippen LogP contribution in [0.2, 0.25) is 5.02 Å². The van der Waals surface area contributed by atoms with Crippen molar-refractivity contribution in [1.29, 1.82) is 0 Å². The first-order chi connectivity index (χ1) is 12.6. The van der Waals surface area contributed by atoms with Gasteiger partial charge in [-0.25, -0.2) is 0 Å². The van der Waals surface area contributed by atoms with E-state index in [0.29, 0.717) is 28.6 Å². The third kappa shape index (κ3) is 4.23. The molecule has 136 valence electrons. The third-order valence-electron chi connectivity index (χ3n) is 3.83. The predicted molar refractivity (Wildman–Crippen MR) is 96.1 cm³/mol. The minimum atomic E-state index is -0.336. The summed E-state index contributed by atoms with van der Waals surface area (Å²) in [6.07, 6.45) is 1.87. The monoisotopic (exact) mass is 374 g/mol. The Morgan fingerprint density at radius 2 is 2.23 bits per heavy atom. The molecule has 0 saturated heterocycles. The fourth-order valence-electron chi connectivity index (χ4n) is 2.38. The highest BCUT2D eigenvalue weighted by Gasteiger charge is 2.20. The Balaban J connectivity index is 1.65. The number of ether oxygens (including phenoxy) is 1. The molecule has 26 heavy (non-hydrogen) atoms. The van der Waals surface area contributed by atoms with Gasteiger partial charge in [-0.05, 0) is 38.1 Å². The highest BCUT2D eigenvalue weighted by molar-refractivity contribution is 6.30. The fourth-order valence-corrected chi connectivity index (χ4v) is 2.56. The van der Waals surface area contributed by atoms with Gasteiger partial charge in [-0.1, -0.05) is 22.8 Å². The zero-order valence-corrected chi connectivity index (χ0v) is 15.3. The molecule has 2 heterocycles.